The molecule has 0 N–H and O–H groups in total. The average molecular weight is 237 g/mol. The molecule has 0 aliphatic carbocycles. The summed E-state index contributed by atoms with van der Waals surface area (Å²) in [5.74, 6) is 2.14. The van der Waals surface area contributed by atoms with Gasteiger partial charge in [0.25, 0.3) is 0 Å². The highest BCUT2D eigenvalue weighted by molar-refractivity contribution is 6.16. The predicted molar refractivity (Wildman–Crippen MR) is 64.8 cm³/mol. The van der Waals surface area contributed by atoms with Gasteiger partial charge in [0.2, 0.25) is 0 Å². The maximum atomic E-state index is 5.78. The highest BCUT2D eigenvalue weighted by Crippen LogP contribution is 2.21. The number of aromatic nitrogens is 2. The van der Waals surface area contributed by atoms with E-state index in [-0.39, 0.29) is 0 Å². The molecule has 0 bridgehead atoms. The monoisotopic (exact) mass is 236 g/mol. The third kappa shape index (κ3) is 2.04. The molecule has 0 aliphatic rings. The fourth-order valence-electron chi connectivity index (χ4n) is 1.53. The summed E-state index contributed by atoms with van der Waals surface area (Å²) in [6.45, 7) is 0. The molecule has 1 aromatic heterocycles. The lowest BCUT2D eigenvalue weighted by Crippen LogP contribution is -1.91. The molecule has 4 heteroatoms. The summed E-state index contributed by atoms with van der Waals surface area (Å²) in [4.78, 5) is 4.44. The molecule has 3 nitrogen and oxygen atoms in total. The number of ether oxygens (including phenoxy) is 1. The number of alkyl halides is 1. The third-order valence-electron chi connectivity index (χ3n) is 2.48. The molecule has 16 heavy (non-hydrogen) atoms. The Balaban J connectivity index is 2.34. The molecule has 0 radical (unpaired) electrons. The molecule has 0 spiro atoms. The topological polar surface area (TPSA) is 27.1 Å². The van der Waals surface area contributed by atoms with Crippen LogP contribution in [0.4, 0.5) is 0 Å². The van der Waals surface area contributed by atoms with Gasteiger partial charge in [-0.2, -0.15) is 0 Å². The largest absolute Gasteiger partial charge is 0.497 e. The van der Waals surface area contributed by atoms with Crippen molar-refractivity contribution in [2.75, 3.05) is 7.11 Å². The molecule has 0 saturated carbocycles. The SMILES string of the molecule is COc1ccc(-c2cn(C)c(CCl)n2)cc1. The van der Waals surface area contributed by atoms with Gasteiger partial charge in [-0.3, -0.25) is 0 Å². The molecule has 2 aromatic rings. The van der Waals surface area contributed by atoms with Crippen LogP contribution in [0.3, 0.4) is 0 Å². The van der Waals surface area contributed by atoms with Gasteiger partial charge in [0.05, 0.1) is 18.7 Å². The summed E-state index contributed by atoms with van der Waals surface area (Å²) in [5, 5.41) is 0. The van der Waals surface area contributed by atoms with Gasteiger partial charge in [0, 0.05) is 18.8 Å². The van der Waals surface area contributed by atoms with Gasteiger partial charge in [0.1, 0.15) is 11.6 Å². The van der Waals surface area contributed by atoms with E-state index in [1.54, 1.807) is 7.11 Å². The molecular formula is C12H13ClN2O. The first-order valence-electron chi connectivity index (χ1n) is 4.97. The maximum Gasteiger partial charge on any atom is 0.124 e. The fraction of sp³-hybridized carbons (Fsp3) is 0.250. The van der Waals surface area contributed by atoms with E-state index in [9.17, 15) is 0 Å². The van der Waals surface area contributed by atoms with E-state index in [2.05, 4.69) is 4.98 Å². The normalized spacial score (nSPS) is 10.4. The number of nitrogens with zero attached hydrogens (tertiary/aromatic N) is 2. The van der Waals surface area contributed by atoms with E-state index in [4.69, 9.17) is 16.3 Å². The predicted octanol–water partition coefficient (Wildman–Crippen LogP) is 2.83. The van der Waals surface area contributed by atoms with Gasteiger partial charge < -0.3 is 9.30 Å². The zero-order valence-electron chi connectivity index (χ0n) is 9.27. The van der Waals surface area contributed by atoms with Crippen LogP contribution in [0.1, 0.15) is 5.82 Å². The van der Waals surface area contributed by atoms with Gasteiger partial charge in [-0.1, -0.05) is 0 Å². The molecule has 84 valence electrons. The second-order valence-electron chi connectivity index (χ2n) is 3.52. The van der Waals surface area contributed by atoms with Crippen LogP contribution in [0.15, 0.2) is 30.5 Å². The van der Waals surface area contributed by atoms with Crippen LogP contribution in [0.2, 0.25) is 0 Å². The maximum absolute atomic E-state index is 5.78. The fourth-order valence-corrected chi connectivity index (χ4v) is 1.78. The Morgan fingerprint density at radius 1 is 1.31 bits per heavy atom. The summed E-state index contributed by atoms with van der Waals surface area (Å²) < 4.78 is 7.05. The van der Waals surface area contributed by atoms with Crippen LogP contribution >= 0.6 is 11.6 Å². The van der Waals surface area contributed by atoms with Crippen LogP contribution in [0, 0.1) is 0 Å². The Morgan fingerprint density at radius 3 is 2.50 bits per heavy atom. The number of halogens is 1. The smallest absolute Gasteiger partial charge is 0.124 e. The standard InChI is InChI=1S/C12H13ClN2O/c1-15-8-11(14-12(15)7-13)9-3-5-10(16-2)6-4-9/h3-6,8H,7H2,1-2H3. The Kier molecular flexibility index (Phi) is 3.15. The van der Waals surface area contributed by atoms with Gasteiger partial charge in [-0.05, 0) is 24.3 Å². The van der Waals surface area contributed by atoms with E-state index in [0.29, 0.717) is 5.88 Å². The van der Waals surface area contributed by atoms with Crippen molar-refractivity contribution < 1.29 is 4.74 Å². The molecule has 0 amide bonds. The van der Waals surface area contributed by atoms with E-state index in [0.717, 1.165) is 22.8 Å². The lowest BCUT2D eigenvalue weighted by Gasteiger charge is -2.00. The zero-order valence-corrected chi connectivity index (χ0v) is 10.0. The van der Waals surface area contributed by atoms with Gasteiger partial charge >= 0.3 is 0 Å². The molecular weight excluding hydrogens is 224 g/mol. The number of methoxy groups -OCH3 is 1. The van der Waals surface area contributed by atoms with Gasteiger partial charge in [-0.25, -0.2) is 4.98 Å². The van der Waals surface area contributed by atoms with Crippen molar-refractivity contribution in [2.45, 2.75) is 5.88 Å². The quantitative estimate of drug-likeness (QED) is 0.767. The molecule has 0 atom stereocenters. The number of rotatable bonds is 3. The van der Waals surface area contributed by atoms with Crippen molar-refractivity contribution in [1.29, 1.82) is 0 Å². The van der Waals surface area contributed by atoms with E-state index >= 15 is 0 Å². The summed E-state index contributed by atoms with van der Waals surface area (Å²) in [6.07, 6.45) is 1.97. The van der Waals surface area contributed by atoms with Crippen molar-refractivity contribution >= 4 is 11.6 Å². The lowest BCUT2D eigenvalue weighted by atomic mass is 10.2. The van der Waals surface area contributed by atoms with E-state index in [1.165, 1.54) is 0 Å². The Hall–Kier alpha value is -1.48. The Morgan fingerprint density at radius 2 is 2.00 bits per heavy atom. The van der Waals surface area contributed by atoms with Crippen LogP contribution in [-0.4, -0.2) is 16.7 Å². The first-order valence-corrected chi connectivity index (χ1v) is 5.50. The number of benzene rings is 1. The molecule has 0 aliphatic heterocycles. The van der Waals surface area contributed by atoms with Crippen molar-refractivity contribution in [3.63, 3.8) is 0 Å². The lowest BCUT2D eigenvalue weighted by molar-refractivity contribution is 0.415. The molecule has 0 unspecified atom stereocenters. The first kappa shape index (κ1) is 11.0. The Labute approximate surface area is 99.6 Å². The van der Waals surface area contributed by atoms with Crippen LogP contribution in [0.25, 0.3) is 11.3 Å². The second-order valence-corrected chi connectivity index (χ2v) is 3.78. The minimum absolute atomic E-state index is 0.423. The number of hydrogen-bond donors (Lipinski definition) is 0. The molecule has 0 saturated heterocycles. The molecule has 2 rings (SSSR count). The van der Waals surface area contributed by atoms with Crippen molar-refractivity contribution in [3.8, 4) is 17.0 Å². The van der Waals surface area contributed by atoms with Gasteiger partial charge in [0.15, 0.2) is 0 Å². The minimum atomic E-state index is 0.423. The minimum Gasteiger partial charge on any atom is -0.497 e. The number of imidazole rings is 1. The average Bonchev–Trinajstić information content (AvgIpc) is 2.71. The molecule has 1 aromatic carbocycles. The first-order chi connectivity index (χ1) is 7.74. The van der Waals surface area contributed by atoms with Crippen LogP contribution < -0.4 is 4.74 Å². The second kappa shape index (κ2) is 4.58. The van der Waals surface area contributed by atoms with E-state index < -0.39 is 0 Å². The highest BCUT2D eigenvalue weighted by Gasteiger charge is 2.06. The molecule has 1 heterocycles. The number of aryl methyl sites for hydroxylation is 1. The van der Waals surface area contributed by atoms with Crippen molar-refractivity contribution in [3.05, 3.63) is 36.3 Å². The van der Waals surface area contributed by atoms with E-state index in [1.807, 2.05) is 42.1 Å². The van der Waals surface area contributed by atoms with Crippen LogP contribution in [-0.2, 0) is 12.9 Å². The highest BCUT2D eigenvalue weighted by atomic mass is 35.5. The third-order valence-corrected chi connectivity index (χ3v) is 2.72. The van der Waals surface area contributed by atoms with Crippen molar-refractivity contribution in [1.82, 2.24) is 9.55 Å². The van der Waals surface area contributed by atoms with Crippen molar-refractivity contribution in [2.24, 2.45) is 7.05 Å². The molecule has 0 fully saturated rings. The summed E-state index contributed by atoms with van der Waals surface area (Å²) in [6, 6.07) is 7.81. The zero-order chi connectivity index (χ0) is 11.5. The van der Waals surface area contributed by atoms with Crippen LogP contribution in [0.5, 0.6) is 5.75 Å². The Bertz CT molecular complexity index is 476. The van der Waals surface area contributed by atoms with Gasteiger partial charge in [-0.15, -0.1) is 11.6 Å². The summed E-state index contributed by atoms with van der Waals surface area (Å²) in [7, 11) is 3.60. The number of hydrogen-bond acceptors (Lipinski definition) is 2. The summed E-state index contributed by atoms with van der Waals surface area (Å²) >= 11 is 5.78. The summed E-state index contributed by atoms with van der Waals surface area (Å²) in [5.41, 5.74) is 1.99.